The van der Waals surface area contributed by atoms with Crippen molar-refractivity contribution in [3.05, 3.63) is 66.7 Å². The molecule has 0 amide bonds. The van der Waals surface area contributed by atoms with E-state index >= 15 is 0 Å². The minimum absolute atomic E-state index is 0.0282. The summed E-state index contributed by atoms with van der Waals surface area (Å²) in [4.78, 5) is 0. The summed E-state index contributed by atoms with van der Waals surface area (Å²) in [7, 11) is 0. The summed E-state index contributed by atoms with van der Waals surface area (Å²) in [6.07, 6.45) is 0. The SMILES string of the molecule is Oc1ccccc1-c1cccc(-c2ccccc2O)c1O. The zero-order valence-corrected chi connectivity index (χ0v) is 11.2. The van der Waals surface area contributed by atoms with Gasteiger partial charge in [0.1, 0.15) is 17.2 Å². The van der Waals surface area contributed by atoms with Crippen LogP contribution in [0.15, 0.2) is 66.7 Å². The molecule has 0 heterocycles. The van der Waals surface area contributed by atoms with E-state index in [1.807, 2.05) is 0 Å². The predicted octanol–water partition coefficient (Wildman–Crippen LogP) is 4.14. The van der Waals surface area contributed by atoms with Gasteiger partial charge < -0.3 is 15.3 Å². The standard InChI is InChI=1S/C18H14O3/c19-16-10-3-1-6-12(16)14-8-5-9-15(18(14)21)13-7-2-4-11-17(13)20/h1-11,19-21H. The molecule has 3 nitrogen and oxygen atoms in total. The molecule has 0 aromatic heterocycles. The first-order valence-electron chi connectivity index (χ1n) is 6.57. The lowest BCUT2D eigenvalue weighted by Gasteiger charge is -2.12. The fourth-order valence-electron chi connectivity index (χ4n) is 2.38. The second-order valence-corrected chi connectivity index (χ2v) is 4.74. The van der Waals surface area contributed by atoms with Crippen LogP contribution in [0.2, 0.25) is 0 Å². The van der Waals surface area contributed by atoms with Crippen molar-refractivity contribution in [2.24, 2.45) is 0 Å². The second kappa shape index (κ2) is 5.21. The summed E-state index contributed by atoms with van der Waals surface area (Å²) in [6.45, 7) is 0. The molecule has 0 aliphatic carbocycles. The van der Waals surface area contributed by atoms with Crippen LogP contribution in [0.3, 0.4) is 0 Å². The van der Waals surface area contributed by atoms with Crippen LogP contribution in [0.25, 0.3) is 22.3 Å². The monoisotopic (exact) mass is 278 g/mol. The first kappa shape index (κ1) is 13.1. The van der Waals surface area contributed by atoms with E-state index in [9.17, 15) is 15.3 Å². The number of benzene rings is 3. The maximum absolute atomic E-state index is 10.5. The molecule has 0 saturated carbocycles. The molecule has 21 heavy (non-hydrogen) atoms. The van der Waals surface area contributed by atoms with Gasteiger partial charge in [0.25, 0.3) is 0 Å². The van der Waals surface area contributed by atoms with Gasteiger partial charge in [0.15, 0.2) is 0 Å². The van der Waals surface area contributed by atoms with Crippen molar-refractivity contribution in [1.29, 1.82) is 0 Å². The Balaban J connectivity index is 2.21. The van der Waals surface area contributed by atoms with Crippen LogP contribution in [0.1, 0.15) is 0 Å². The number of phenolic OH excluding ortho intramolecular Hbond substituents is 3. The predicted molar refractivity (Wildman–Crippen MR) is 82.3 cm³/mol. The van der Waals surface area contributed by atoms with E-state index in [4.69, 9.17) is 0 Å². The van der Waals surface area contributed by atoms with E-state index in [1.54, 1.807) is 66.7 Å². The van der Waals surface area contributed by atoms with Gasteiger partial charge in [-0.25, -0.2) is 0 Å². The lowest BCUT2D eigenvalue weighted by Crippen LogP contribution is -1.85. The van der Waals surface area contributed by atoms with E-state index < -0.39 is 0 Å². The Morgan fingerprint density at radius 2 is 0.810 bits per heavy atom. The third kappa shape index (κ3) is 2.30. The number of hydrogen-bond donors (Lipinski definition) is 3. The largest absolute Gasteiger partial charge is 0.507 e. The molecule has 3 aromatic rings. The summed E-state index contributed by atoms with van der Waals surface area (Å²) in [5, 5.41) is 30.4. The highest BCUT2D eigenvalue weighted by Gasteiger charge is 2.14. The summed E-state index contributed by atoms with van der Waals surface area (Å²) >= 11 is 0. The van der Waals surface area contributed by atoms with Gasteiger partial charge in [0.2, 0.25) is 0 Å². The third-order valence-corrected chi connectivity index (χ3v) is 3.42. The Hall–Kier alpha value is -2.94. The molecule has 3 N–H and O–H groups in total. The molecule has 3 rings (SSSR count). The van der Waals surface area contributed by atoms with Crippen LogP contribution >= 0.6 is 0 Å². The molecule has 0 fully saturated rings. The van der Waals surface area contributed by atoms with E-state index in [1.165, 1.54) is 0 Å². The molecule has 3 aromatic carbocycles. The van der Waals surface area contributed by atoms with Gasteiger partial charge in [-0.3, -0.25) is 0 Å². The Morgan fingerprint density at radius 3 is 1.24 bits per heavy atom. The van der Waals surface area contributed by atoms with Crippen molar-refractivity contribution in [3.8, 4) is 39.5 Å². The van der Waals surface area contributed by atoms with Gasteiger partial charge in [-0.15, -0.1) is 0 Å². The Bertz CT molecular complexity index is 730. The molecular formula is C18H14O3. The Labute approximate surface area is 122 Å². The van der Waals surface area contributed by atoms with Crippen LogP contribution in [0.4, 0.5) is 0 Å². The number of para-hydroxylation sites is 3. The molecule has 0 saturated heterocycles. The fourth-order valence-corrected chi connectivity index (χ4v) is 2.38. The second-order valence-electron chi connectivity index (χ2n) is 4.74. The first-order valence-corrected chi connectivity index (χ1v) is 6.57. The van der Waals surface area contributed by atoms with E-state index in [0.717, 1.165) is 0 Å². The van der Waals surface area contributed by atoms with Crippen molar-refractivity contribution in [2.45, 2.75) is 0 Å². The van der Waals surface area contributed by atoms with Crippen LogP contribution in [0, 0.1) is 0 Å². The molecule has 0 unspecified atom stereocenters. The molecule has 0 aliphatic rings. The lowest BCUT2D eigenvalue weighted by molar-refractivity contribution is 0.467. The van der Waals surface area contributed by atoms with Crippen LogP contribution in [-0.4, -0.2) is 15.3 Å². The first-order chi connectivity index (χ1) is 10.2. The minimum atomic E-state index is 0.0282. The molecular weight excluding hydrogens is 264 g/mol. The number of rotatable bonds is 2. The molecule has 104 valence electrons. The van der Waals surface area contributed by atoms with Crippen molar-refractivity contribution in [1.82, 2.24) is 0 Å². The summed E-state index contributed by atoms with van der Waals surface area (Å²) in [5.74, 6) is 0.227. The van der Waals surface area contributed by atoms with Crippen LogP contribution in [-0.2, 0) is 0 Å². The van der Waals surface area contributed by atoms with Gasteiger partial charge in [0, 0.05) is 22.3 Å². The molecule has 3 heteroatoms. The topological polar surface area (TPSA) is 60.7 Å². The highest BCUT2D eigenvalue weighted by molar-refractivity contribution is 5.85. The quantitative estimate of drug-likeness (QED) is 0.660. The van der Waals surface area contributed by atoms with Crippen molar-refractivity contribution in [3.63, 3.8) is 0 Å². The highest BCUT2D eigenvalue weighted by atomic mass is 16.3. The maximum Gasteiger partial charge on any atom is 0.131 e. The Morgan fingerprint density at radius 1 is 0.429 bits per heavy atom. The Kier molecular flexibility index (Phi) is 3.24. The van der Waals surface area contributed by atoms with Crippen molar-refractivity contribution >= 4 is 0 Å². The van der Waals surface area contributed by atoms with Crippen LogP contribution in [0.5, 0.6) is 17.2 Å². The average molecular weight is 278 g/mol. The molecule has 0 radical (unpaired) electrons. The molecule has 0 spiro atoms. The summed E-state index contributed by atoms with van der Waals surface area (Å²) in [6, 6.07) is 18.9. The highest BCUT2D eigenvalue weighted by Crippen LogP contribution is 2.42. The van der Waals surface area contributed by atoms with Gasteiger partial charge in [0.05, 0.1) is 0 Å². The normalized spacial score (nSPS) is 10.5. The van der Waals surface area contributed by atoms with E-state index in [-0.39, 0.29) is 17.2 Å². The fraction of sp³-hybridized carbons (Fsp3) is 0. The number of hydrogen-bond acceptors (Lipinski definition) is 3. The number of aromatic hydroxyl groups is 3. The van der Waals surface area contributed by atoms with E-state index in [0.29, 0.717) is 22.3 Å². The minimum Gasteiger partial charge on any atom is -0.507 e. The molecule has 0 atom stereocenters. The molecule has 0 aliphatic heterocycles. The third-order valence-electron chi connectivity index (χ3n) is 3.42. The maximum atomic E-state index is 10.5. The van der Waals surface area contributed by atoms with Gasteiger partial charge in [-0.05, 0) is 12.1 Å². The zero-order valence-electron chi connectivity index (χ0n) is 11.2. The van der Waals surface area contributed by atoms with Crippen LogP contribution < -0.4 is 0 Å². The van der Waals surface area contributed by atoms with Crippen molar-refractivity contribution < 1.29 is 15.3 Å². The van der Waals surface area contributed by atoms with Crippen molar-refractivity contribution in [2.75, 3.05) is 0 Å². The summed E-state index contributed by atoms with van der Waals surface area (Å²) in [5.41, 5.74) is 2.14. The molecule has 0 bridgehead atoms. The zero-order chi connectivity index (χ0) is 14.8. The van der Waals surface area contributed by atoms with Gasteiger partial charge >= 0.3 is 0 Å². The van der Waals surface area contributed by atoms with Gasteiger partial charge in [-0.1, -0.05) is 54.6 Å². The average Bonchev–Trinajstić information content (AvgIpc) is 2.49. The van der Waals surface area contributed by atoms with E-state index in [2.05, 4.69) is 0 Å². The lowest BCUT2D eigenvalue weighted by atomic mass is 9.96. The summed E-state index contributed by atoms with van der Waals surface area (Å²) < 4.78 is 0. The smallest absolute Gasteiger partial charge is 0.131 e. The van der Waals surface area contributed by atoms with Gasteiger partial charge in [-0.2, -0.15) is 0 Å². The number of phenols is 3.